The molecule has 0 radical (unpaired) electrons. The van der Waals surface area contributed by atoms with Gasteiger partial charge in [-0.1, -0.05) is 64.2 Å². The quantitative estimate of drug-likeness (QED) is 0.530. The minimum atomic E-state index is 0.385. The summed E-state index contributed by atoms with van der Waals surface area (Å²) in [6.07, 6.45) is 22.2. The van der Waals surface area contributed by atoms with Gasteiger partial charge in [0.2, 0.25) is 0 Å². The predicted molar refractivity (Wildman–Crippen MR) is 114 cm³/mol. The molecule has 3 nitrogen and oxygen atoms in total. The summed E-state index contributed by atoms with van der Waals surface area (Å²) in [4.78, 5) is 0. The van der Waals surface area contributed by atoms with Gasteiger partial charge in [0.05, 0.1) is 25.4 Å². The Kier molecular flexibility index (Phi) is 5.69. The summed E-state index contributed by atoms with van der Waals surface area (Å²) < 4.78 is 18.5. The molecule has 3 heteroatoms. The molecule has 10 atom stereocenters. The molecule has 0 amide bonds. The highest BCUT2D eigenvalue weighted by molar-refractivity contribution is 5.00. The Morgan fingerprint density at radius 1 is 0.483 bits per heavy atom. The van der Waals surface area contributed by atoms with Crippen molar-refractivity contribution in [3.63, 3.8) is 0 Å². The zero-order chi connectivity index (χ0) is 19.2. The molecule has 2 aliphatic heterocycles. The van der Waals surface area contributed by atoms with Crippen LogP contribution in [0, 0.1) is 35.5 Å². The van der Waals surface area contributed by atoms with Gasteiger partial charge in [-0.25, -0.2) is 0 Å². The molecule has 4 saturated carbocycles. The van der Waals surface area contributed by atoms with E-state index >= 15 is 0 Å². The molecule has 0 spiro atoms. The van der Waals surface area contributed by atoms with Crippen LogP contribution in [0.3, 0.4) is 0 Å². The Hall–Kier alpha value is -0.120. The third kappa shape index (κ3) is 4.05. The minimum absolute atomic E-state index is 0.385. The summed E-state index contributed by atoms with van der Waals surface area (Å²) in [7, 11) is 0. The number of hydrogen-bond acceptors (Lipinski definition) is 3. The average molecular weight is 403 g/mol. The standard InChI is InChI=1S/C26H42O3/c1-3-11-19-17(7-1)9-5-13-21(19)25-23(28-25)15-27-16-24-26(29-24)22-14-6-10-18-8-2-4-12-20(18)22/h17-26H,1-16H2. The Bertz CT molecular complexity index is 512. The molecule has 0 N–H and O–H groups in total. The zero-order valence-electron chi connectivity index (χ0n) is 18.3. The normalized spacial score (nSPS) is 51.7. The van der Waals surface area contributed by atoms with Crippen molar-refractivity contribution < 1.29 is 14.2 Å². The third-order valence-corrected chi connectivity index (χ3v) is 9.91. The van der Waals surface area contributed by atoms with Gasteiger partial charge >= 0.3 is 0 Å². The molecule has 0 aromatic carbocycles. The van der Waals surface area contributed by atoms with E-state index in [9.17, 15) is 0 Å². The summed E-state index contributed by atoms with van der Waals surface area (Å²) in [6, 6.07) is 0. The van der Waals surface area contributed by atoms with E-state index in [0.717, 1.165) is 48.7 Å². The fourth-order valence-corrected chi connectivity index (χ4v) is 8.43. The van der Waals surface area contributed by atoms with Crippen LogP contribution in [-0.4, -0.2) is 37.6 Å². The molecule has 6 aliphatic rings. The molecule has 0 bridgehead atoms. The highest BCUT2D eigenvalue weighted by Gasteiger charge is 2.52. The molecule has 0 aromatic heterocycles. The van der Waals surface area contributed by atoms with E-state index in [0.29, 0.717) is 24.4 Å². The summed E-state index contributed by atoms with van der Waals surface area (Å²) in [5, 5.41) is 0. The lowest BCUT2D eigenvalue weighted by atomic mass is 9.64. The second-order valence-corrected chi connectivity index (χ2v) is 11.4. The largest absolute Gasteiger partial charge is 0.376 e. The smallest absolute Gasteiger partial charge is 0.108 e. The van der Waals surface area contributed by atoms with Crippen molar-refractivity contribution in [1.82, 2.24) is 0 Å². The fraction of sp³-hybridized carbons (Fsp3) is 1.00. The predicted octanol–water partition coefficient (Wildman–Crippen LogP) is 5.75. The van der Waals surface area contributed by atoms with E-state index in [4.69, 9.17) is 14.2 Å². The lowest BCUT2D eigenvalue weighted by Gasteiger charge is -2.41. The minimum Gasteiger partial charge on any atom is -0.376 e. The second kappa shape index (κ2) is 8.43. The summed E-state index contributed by atoms with van der Waals surface area (Å²) in [5.74, 6) is 5.59. The van der Waals surface area contributed by atoms with Crippen molar-refractivity contribution in [2.75, 3.05) is 13.2 Å². The molecule has 2 saturated heterocycles. The van der Waals surface area contributed by atoms with Gasteiger partial charge in [0.25, 0.3) is 0 Å². The van der Waals surface area contributed by atoms with Crippen molar-refractivity contribution >= 4 is 0 Å². The van der Waals surface area contributed by atoms with Crippen molar-refractivity contribution in [3.05, 3.63) is 0 Å². The maximum absolute atomic E-state index is 6.16. The molecule has 2 heterocycles. The van der Waals surface area contributed by atoms with Crippen LogP contribution in [0.1, 0.15) is 89.9 Å². The van der Waals surface area contributed by atoms with E-state index in [1.165, 1.54) is 89.9 Å². The van der Waals surface area contributed by atoms with Gasteiger partial charge in [-0.3, -0.25) is 0 Å². The van der Waals surface area contributed by atoms with E-state index in [1.54, 1.807) is 0 Å². The third-order valence-electron chi connectivity index (χ3n) is 9.91. The van der Waals surface area contributed by atoms with E-state index in [1.807, 2.05) is 0 Å². The lowest BCUT2D eigenvalue weighted by Crippen LogP contribution is -2.35. The lowest BCUT2D eigenvalue weighted by molar-refractivity contribution is 0.0833. The van der Waals surface area contributed by atoms with Gasteiger partial charge in [-0.15, -0.1) is 0 Å². The summed E-state index contributed by atoms with van der Waals surface area (Å²) in [5.41, 5.74) is 0. The van der Waals surface area contributed by atoms with E-state index < -0.39 is 0 Å². The number of epoxide rings is 2. The maximum Gasteiger partial charge on any atom is 0.108 e. The molecule has 4 aliphatic carbocycles. The first kappa shape index (κ1) is 19.6. The Morgan fingerprint density at radius 2 is 0.897 bits per heavy atom. The first-order valence-electron chi connectivity index (χ1n) is 13.3. The second-order valence-electron chi connectivity index (χ2n) is 11.4. The van der Waals surface area contributed by atoms with Crippen LogP contribution >= 0.6 is 0 Å². The molecule has 0 aromatic rings. The van der Waals surface area contributed by atoms with Crippen LogP contribution in [0.2, 0.25) is 0 Å². The summed E-state index contributed by atoms with van der Waals surface area (Å²) >= 11 is 0. The van der Waals surface area contributed by atoms with Gasteiger partial charge < -0.3 is 14.2 Å². The molecule has 6 fully saturated rings. The first-order valence-corrected chi connectivity index (χ1v) is 13.3. The molecule has 29 heavy (non-hydrogen) atoms. The first-order chi connectivity index (χ1) is 14.4. The van der Waals surface area contributed by atoms with Gasteiger partial charge in [0.1, 0.15) is 12.2 Å². The van der Waals surface area contributed by atoms with E-state index in [2.05, 4.69) is 0 Å². The Morgan fingerprint density at radius 3 is 1.41 bits per heavy atom. The maximum atomic E-state index is 6.16. The van der Waals surface area contributed by atoms with Crippen LogP contribution in [0.4, 0.5) is 0 Å². The van der Waals surface area contributed by atoms with Gasteiger partial charge in [0, 0.05) is 0 Å². The highest BCUT2D eigenvalue weighted by Crippen LogP contribution is 2.51. The molecular formula is C26H42O3. The number of rotatable bonds is 6. The highest BCUT2D eigenvalue weighted by atomic mass is 16.6. The molecular weight excluding hydrogens is 360 g/mol. The van der Waals surface area contributed by atoms with Crippen LogP contribution in [0.25, 0.3) is 0 Å². The van der Waals surface area contributed by atoms with Crippen molar-refractivity contribution in [3.8, 4) is 0 Å². The monoisotopic (exact) mass is 402 g/mol. The van der Waals surface area contributed by atoms with Crippen LogP contribution < -0.4 is 0 Å². The zero-order valence-corrected chi connectivity index (χ0v) is 18.3. The van der Waals surface area contributed by atoms with Gasteiger partial charge in [0.15, 0.2) is 0 Å². The van der Waals surface area contributed by atoms with Crippen molar-refractivity contribution in [2.45, 2.75) is 114 Å². The SMILES string of the molecule is C1CCC2C(C1)CCCC2C1OC1COCC1OC1C1CCCC2CCCCC21. The molecule has 164 valence electrons. The van der Waals surface area contributed by atoms with Crippen LogP contribution in [0.15, 0.2) is 0 Å². The van der Waals surface area contributed by atoms with Crippen molar-refractivity contribution in [1.29, 1.82) is 0 Å². The Labute approximate surface area is 177 Å². The molecule has 10 unspecified atom stereocenters. The fourth-order valence-electron chi connectivity index (χ4n) is 8.43. The van der Waals surface area contributed by atoms with Crippen LogP contribution in [-0.2, 0) is 14.2 Å². The Balaban J connectivity index is 0.938. The summed E-state index contributed by atoms with van der Waals surface area (Å²) in [6.45, 7) is 1.61. The topological polar surface area (TPSA) is 34.3 Å². The van der Waals surface area contributed by atoms with Gasteiger partial charge in [-0.2, -0.15) is 0 Å². The van der Waals surface area contributed by atoms with Crippen molar-refractivity contribution in [2.24, 2.45) is 35.5 Å². The molecule has 6 rings (SSSR count). The van der Waals surface area contributed by atoms with Crippen LogP contribution in [0.5, 0.6) is 0 Å². The van der Waals surface area contributed by atoms with Gasteiger partial charge in [-0.05, 0) is 61.2 Å². The van der Waals surface area contributed by atoms with E-state index in [-0.39, 0.29) is 0 Å². The number of hydrogen-bond donors (Lipinski definition) is 0. The average Bonchev–Trinajstić information content (AvgIpc) is 3.70. The number of ether oxygens (including phenoxy) is 3. The number of fused-ring (bicyclic) bond motifs is 2.